The second kappa shape index (κ2) is 7.83. The third-order valence-electron chi connectivity index (χ3n) is 4.82. The van der Waals surface area contributed by atoms with Crippen LogP contribution in [0.15, 0.2) is 64.6 Å². The molecule has 0 aliphatic carbocycles. The first-order valence-electron chi connectivity index (χ1n) is 9.58. The molecule has 2 aromatic carbocycles. The maximum absolute atomic E-state index is 13.1. The number of para-hydroxylation sites is 2. The van der Waals surface area contributed by atoms with Gasteiger partial charge in [-0.25, -0.2) is 9.89 Å². The van der Waals surface area contributed by atoms with Crippen molar-refractivity contribution in [2.24, 2.45) is 15.9 Å². The molecule has 2 atom stereocenters. The monoisotopic (exact) mass is 406 g/mol. The van der Waals surface area contributed by atoms with Crippen molar-refractivity contribution in [3.63, 3.8) is 0 Å². The minimum atomic E-state index is -0.439. The van der Waals surface area contributed by atoms with Gasteiger partial charge in [-0.3, -0.25) is 14.6 Å². The predicted molar refractivity (Wildman–Crippen MR) is 118 cm³/mol. The zero-order chi connectivity index (χ0) is 20.5. The Labute approximate surface area is 174 Å². The number of amidine groups is 2. The van der Waals surface area contributed by atoms with Crippen molar-refractivity contribution in [3.8, 4) is 0 Å². The van der Waals surface area contributed by atoms with Crippen LogP contribution in [0.2, 0.25) is 0 Å². The molecule has 6 nitrogen and oxygen atoms in total. The summed E-state index contributed by atoms with van der Waals surface area (Å²) in [5.74, 6) is 0.468. The lowest BCUT2D eigenvalue weighted by molar-refractivity contribution is -0.125. The molecule has 2 aromatic rings. The topological polar surface area (TPSA) is 74.1 Å². The van der Waals surface area contributed by atoms with Crippen LogP contribution in [0, 0.1) is 5.92 Å². The minimum absolute atomic E-state index is 0.0813. The number of aliphatic imine (C=N–C) groups is 2. The van der Waals surface area contributed by atoms with Crippen LogP contribution in [0.4, 0.5) is 11.4 Å². The van der Waals surface area contributed by atoms with E-state index in [2.05, 4.69) is 10.3 Å². The smallest absolute Gasteiger partial charge is 0.259 e. The Morgan fingerprint density at radius 3 is 2.48 bits per heavy atom. The first-order chi connectivity index (χ1) is 14.0. The fraction of sp³-hybridized carbons (Fsp3) is 0.273. The quantitative estimate of drug-likeness (QED) is 0.832. The van der Waals surface area contributed by atoms with Gasteiger partial charge in [-0.15, -0.1) is 0 Å². The summed E-state index contributed by atoms with van der Waals surface area (Å²) in [7, 11) is 0. The molecule has 0 saturated carbocycles. The first kappa shape index (κ1) is 19.4. The number of amides is 2. The van der Waals surface area contributed by atoms with Crippen LogP contribution < -0.4 is 5.32 Å². The number of benzene rings is 2. The van der Waals surface area contributed by atoms with Crippen LogP contribution in [0.1, 0.15) is 26.3 Å². The Kier molecular flexibility index (Phi) is 5.24. The molecule has 1 N–H and O–H groups in total. The van der Waals surface area contributed by atoms with Gasteiger partial charge >= 0.3 is 0 Å². The van der Waals surface area contributed by atoms with Crippen LogP contribution in [-0.2, 0) is 9.59 Å². The number of rotatable bonds is 4. The molecule has 29 heavy (non-hydrogen) atoms. The summed E-state index contributed by atoms with van der Waals surface area (Å²) in [5.41, 5.74) is 2.34. The summed E-state index contributed by atoms with van der Waals surface area (Å²) in [6.45, 7) is 5.77. The fourth-order valence-electron chi connectivity index (χ4n) is 3.26. The number of hydrogen-bond donors (Lipinski definition) is 1. The lowest BCUT2D eigenvalue weighted by Gasteiger charge is -2.27. The zero-order valence-corrected chi connectivity index (χ0v) is 17.3. The van der Waals surface area contributed by atoms with Gasteiger partial charge in [-0.1, -0.05) is 55.9 Å². The minimum Gasteiger partial charge on any atom is -0.325 e. The molecule has 148 valence electrons. The number of carbonyl (C=O) groups is 2. The summed E-state index contributed by atoms with van der Waals surface area (Å²) in [5, 5.41) is 2.95. The highest BCUT2D eigenvalue weighted by Crippen LogP contribution is 2.35. The second-order valence-corrected chi connectivity index (χ2v) is 8.65. The van der Waals surface area contributed by atoms with Crippen molar-refractivity contribution in [1.29, 1.82) is 0 Å². The molecular formula is C22H22N4O2S. The lowest BCUT2D eigenvalue weighted by Crippen LogP contribution is -2.43. The van der Waals surface area contributed by atoms with Crippen molar-refractivity contribution in [2.45, 2.75) is 32.1 Å². The number of hydrogen-bond acceptors (Lipinski definition) is 5. The highest BCUT2D eigenvalue weighted by atomic mass is 32.2. The molecule has 4 rings (SSSR count). The van der Waals surface area contributed by atoms with Gasteiger partial charge in [-0.2, -0.15) is 0 Å². The summed E-state index contributed by atoms with van der Waals surface area (Å²) in [6, 6.07) is 16.5. The van der Waals surface area contributed by atoms with Crippen LogP contribution in [0.5, 0.6) is 0 Å². The van der Waals surface area contributed by atoms with E-state index in [9.17, 15) is 9.59 Å². The Morgan fingerprint density at radius 2 is 1.76 bits per heavy atom. The van der Waals surface area contributed by atoms with Crippen LogP contribution >= 0.6 is 11.8 Å². The van der Waals surface area contributed by atoms with Crippen molar-refractivity contribution in [1.82, 2.24) is 4.90 Å². The highest BCUT2D eigenvalue weighted by Gasteiger charge is 2.43. The van der Waals surface area contributed by atoms with E-state index in [1.165, 1.54) is 11.8 Å². The number of anilines is 1. The molecule has 0 aromatic heterocycles. The van der Waals surface area contributed by atoms with Crippen LogP contribution in [-0.4, -0.2) is 39.0 Å². The molecule has 2 unspecified atom stereocenters. The average Bonchev–Trinajstić information content (AvgIpc) is 3.07. The SMILES string of the molecule is CC(SC1=Nc2ccccc2C2=NC(C(C)C)C(=O)N12)C(=O)Nc1ccccc1. The number of nitrogens with one attached hydrogen (secondary N) is 1. The van der Waals surface area contributed by atoms with E-state index in [-0.39, 0.29) is 17.7 Å². The third kappa shape index (κ3) is 3.70. The zero-order valence-electron chi connectivity index (χ0n) is 16.5. The summed E-state index contributed by atoms with van der Waals surface area (Å²) < 4.78 is 0. The van der Waals surface area contributed by atoms with Crippen molar-refractivity contribution in [3.05, 3.63) is 60.2 Å². The van der Waals surface area contributed by atoms with Gasteiger partial charge in [0.2, 0.25) is 5.91 Å². The largest absolute Gasteiger partial charge is 0.325 e. The predicted octanol–water partition coefficient (Wildman–Crippen LogP) is 4.06. The molecule has 2 heterocycles. The summed E-state index contributed by atoms with van der Waals surface area (Å²) in [4.78, 5) is 36.7. The van der Waals surface area contributed by atoms with E-state index < -0.39 is 11.3 Å². The van der Waals surface area contributed by atoms with Crippen molar-refractivity contribution >= 4 is 46.0 Å². The molecule has 0 radical (unpaired) electrons. The Morgan fingerprint density at radius 1 is 1.07 bits per heavy atom. The van der Waals surface area contributed by atoms with E-state index in [4.69, 9.17) is 4.99 Å². The maximum atomic E-state index is 13.1. The van der Waals surface area contributed by atoms with Gasteiger partial charge in [0.15, 0.2) is 5.17 Å². The molecule has 0 saturated heterocycles. The highest BCUT2D eigenvalue weighted by molar-refractivity contribution is 8.15. The molecule has 7 heteroatoms. The molecule has 2 amide bonds. The normalized spacial score (nSPS) is 18.7. The number of carbonyl (C=O) groups excluding carboxylic acids is 2. The summed E-state index contributed by atoms with van der Waals surface area (Å²) in [6.07, 6.45) is 0. The van der Waals surface area contributed by atoms with Crippen LogP contribution in [0.3, 0.4) is 0 Å². The van der Waals surface area contributed by atoms with Gasteiger partial charge in [0.1, 0.15) is 11.9 Å². The van der Waals surface area contributed by atoms with Gasteiger partial charge < -0.3 is 5.32 Å². The van der Waals surface area contributed by atoms with Crippen LogP contribution in [0.25, 0.3) is 0 Å². The Balaban J connectivity index is 1.61. The van der Waals surface area contributed by atoms with Gasteiger partial charge in [0.25, 0.3) is 5.91 Å². The molecule has 2 aliphatic rings. The lowest BCUT2D eigenvalue weighted by atomic mass is 10.1. The van der Waals surface area contributed by atoms with E-state index >= 15 is 0 Å². The first-order valence-corrected chi connectivity index (χ1v) is 10.5. The second-order valence-electron chi connectivity index (χ2n) is 7.34. The molecule has 2 aliphatic heterocycles. The van der Waals surface area contributed by atoms with E-state index in [1.54, 1.807) is 4.90 Å². The van der Waals surface area contributed by atoms with Crippen molar-refractivity contribution in [2.75, 3.05) is 5.32 Å². The van der Waals surface area contributed by atoms with Gasteiger partial charge in [-0.05, 0) is 37.1 Å². The van der Waals surface area contributed by atoms with Gasteiger partial charge in [0.05, 0.1) is 10.9 Å². The van der Waals surface area contributed by atoms with E-state index in [0.29, 0.717) is 11.0 Å². The maximum Gasteiger partial charge on any atom is 0.259 e. The number of fused-ring (bicyclic) bond motifs is 3. The number of thioether (sulfide) groups is 1. The van der Waals surface area contributed by atoms with E-state index in [0.717, 1.165) is 16.9 Å². The molecule has 0 bridgehead atoms. The molecule has 0 fully saturated rings. The molecular weight excluding hydrogens is 384 g/mol. The summed E-state index contributed by atoms with van der Waals surface area (Å²) >= 11 is 1.27. The molecule has 0 spiro atoms. The van der Waals surface area contributed by atoms with Gasteiger partial charge in [0, 0.05) is 11.3 Å². The fourth-order valence-corrected chi connectivity index (χ4v) is 4.17. The average molecular weight is 407 g/mol. The Bertz CT molecular complexity index is 1020. The van der Waals surface area contributed by atoms with E-state index in [1.807, 2.05) is 75.4 Å². The van der Waals surface area contributed by atoms with Crippen molar-refractivity contribution < 1.29 is 9.59 Å². The Hall–Kier alpha value is -2.93. The number of nitrogens with zero attached hydrogens (tertiary/aromatic N) is 3. The standard InChI is InChI=1S/C22H22N4O2S/c1-13(2)18-21(28)26-19(25-18)16-11-7-8-12-17(16)24-22(26)29-14(3)20(27)23-15-9-5-4-6-10-15/h4-14,18H,1-3H3,(H,23,27). The third-order valence-corrected chi connectivity index (χ3v) is 5.88.